The molecule has 0 amide bonds. The minimum Gasteiger partial charge on any atom is -0.289 e. The van der Waals surface area contributed by atoms with Gasteiger partial charge in [0.2, 0.25) is 0 Å². The second kappa shape index (κ2) is 4.91. The molecule has 17 heavy (non-hydrogen) atoms. The van der Waals surface area contributed by atoms with Gasteiger partial charge in [-0.15, -0.1) is 0 Å². The number of carbonyl (C=O) groups is 1. The molecule has 0 bridgehead atoms. The number of hydrogen-bond acceptors (Lipinski definition) is 1. The molecule has 2 rings (SSSR count). The highest BCUT2D eigenvalue weighted by atomic mass is 35.5. The molecule has 0 radical (unpaired) electrons. The largest absolute Gasteiger partial charge is 0.289 e. The third kappa shape index (κ3) is 2.68. The molecule has 0 N–H and O–H groups in total. The lowest BCUT2D eigenvalue weighted by Crippen LogP contribution is -2.02. The first-order valence-corrected chi connectivity index (χ1v) is 5.90. The third-order valence-corrected chi connectivity index (χ3v) is 3.00. The van der Waals surface area contributed by atoms with Crippen molar-refractivity contribution in [2.75, 3.05) is 0 Å². The number of aryl methyl sites for hydroxylation is 1. The molecule has 0 aliphatic rings. The smallest absolute Gasteiger partial charge is 0.194 e. The van der Waals surface area contributed by atoms with E-state index < -0.39 is 0 Å². The van der Waals surface area contributed by atoms with Crippen LogP contribution >= 0.6 is 23.2 Å². The average Bonchev–Trinajstić information content (AvgIpc) is 2.28. The van der Waals surface area contributed by atoms with Crippen LogP contribution in [0.15, 0.2) is 42.5 Å². The predicted octanol–water partition coefficient (Wildman–Crippen LogP) is 4.53. The van der Waals surface area contributed by atoms with E-state index in [2.05, 4.69) is 0 Å². The van der Waals surface area contributed by atoms with Gasteiger partial charge in [0.1, 0.15) is 0 Å². The summed E-state index contributed by atoms with van der Waals surface area (Å²) in [7, 11) is 0. The van der Waals surface area contributed by atoms with Gasteiger partial charge in [-0.3, -0.25) is 4.79 Å². The molecule has 3 heteroatoms. The van der Waals surface area contributed by atoms with Crippen molar-refractivity contribution in [1.82, 2.24) is 0 Å². The van der Waals surface area contributed by atoms with Crippen LogP contribution in [0.2, 0.25) is 10.0 Å². The van der Waals surface area contributed by atoms with Crippen molar-refractivity contribution in [2.24, 2.45) is 0 Å². The van der Waals surface area contributed by atoms with Crippen LogP contribution < -0.4 is 0 Å². The Balaban J connectivity index is 2.44. The molecule has 1 nitrogen and oxygen atoms in total. The number of rotatable bonds is 2. The second-order valence-electron chi connectivity index (χ2n) is 3.82. The fraction of sp³-hybridized carbons (Fsp3) is 0.0714. The SMILES string of the molecule is Cc1cccc(C(=O)c2ccc(Cl)cc2Cl)c1. The number of hydrogen-bond donors (Lipinski definition) is 0. The fourth-order valence-corrected chi connectivity index (χ4v) is 2.11. The number of halogens is 2. The zero-order valence-electron chi connectivity index (χ0n) is 9.21. The molecule has 86 valence electrons. The molecule has 0 saturated heterocycles. The topological polar surface area (TPSA) is 17.1 Å². The Morgan fingerprint density at radius 1 is 1.06 bits per heavy atom. The van der Waals surface area contributed by atoms with Gasteiger partial charge in [0.05, 0.1) is 5.02 Å². The second-order valence-corrected chi connectivity index (χ2v) is 4.67. The molecule has 0 fully saturated rings. The van der Waals surface area contributed by atoms with E-state index >= 15 is 0 Å². The highest BCUT2D eigenvalue weighted by Gasteiger charge is 2.12. The Hall–Kier alpha value is -1.31. The van der Waals surface area contributed by atoms with Crippen molar-refractivity contribution in [3.05, 3.63) is 69.2 Å². The van der Waals surface area contributed by atoms with Crippen molar-refractivity contribution in [1.29, 1.82) is 0 Å². The first kappa shape index (κ1) is 12.2. The first-order chi connectivity index (χ1) is 8.08. The fourth-order valence-electron chi connectivity index (χ4n) is 1.62. The molecule has 0 unspecified atom stereocenters. The molecule has 0 atom stereocenters. The van der Waals surface area contributed by atoms with Crippen molar-refractivity contribution in [2.45, 2.75) is 6.92 Å². The molecule has 0 aliphatic heterocycles. The number of benzene rings is 2. The van der Waals surface area contributed by atoms with Crippen LogP contribution in [0.5, 0.6) is 0 Å². The normalized spacial score (nSPS) is 10.3. The van der Waals surface area contributed by atoms with Gasteiger partial charge in [-0.1, -0.05) is 47.0 Å². The van der Waals surface area contributed by atoms with Gasteiger partial charge in [0.25, 0.3) is 0 Å². The Kier molecular flexibility index (Phi) is 3.51. The maximum Gasteiger partial charge on any atom is 0.194 e. The number of carbonyl (C=O) groups excluding carboxylic acids is 1. The zero-order chi connectivity index (χ0) is 12.4. The summed E-state index contributed by atoms with van der Waals surface area (Å²) in [6.45, 7) is 1.94. The van der Waals surface area contributed by atoms with Gasteiger partial charge in [-0.2, -0.15) is 0 Å². The number of ketones is 1. The lowest BCUT2D eigenvalue weighted by atomic mass is 10.0. The Morgan fingerprint density at radius 3 is 2.47 bits per heavy atom. The summed E-state index contributed by atoms with van der Waals surface area (Å²) in [6.07, 6.45) is 0. The van der Waals surface area contributed by atoms with Crippen molar-refractivity contribution in [3.63, 3.8) is 0 Å². The summed E-state index contributed by atoms with van der Waals surface area (Å²) in [5.41, 5.74) is 2.15. The third-order valence-electron chi connectivity index (χ3n) is 2.46. The van der Waals surface area contributed by atoms with Crippen LogP contribution in [0.3, 0.4) is 0 Å². The van der Waals surface area contributed by atoms with Crippen molar-refractivity contribution in [3.8, 4) is 0 Å². The summed E-state index contributed by atoms with van der Waals surface area (Å²) < 4.78 is 0. The molecule has 2 aromatic rings. The van der Waals surface area contributed by atoms with Gasteiger partial charge < -0.3 is 0 Å². The van der Waals surface area contributed by atoms with E-state index in [0.717, 1.165) is 5.56 Å². The van der Waals surface area contributed by atoms with Crippen LogP contribution in [0.1, 0.15) is 21.5 Å². The molecule has 2 aromatic carbocycles. The van der Waals surface area contributed by atoms with Gasteiger partial charge in [-0.25, -0.2) is 0 Å². The maximum atomic E-state index is 12.2. The van der Waals surface area contributed by atoms with Gasteiger partial charge in [0, 0.05) is 16.1 Å². The lowest BCUT2D eigenvalue weighted by molar-refractivity contribution is 0.103. The molecular formula is C14H10Cl2O. The Morgan fingerprint density at radius 2 is 1.82 bits per heavy atom. The first-order valence-electron chi connectivity index (χ1n) is 5.14. The maximum absolute atomic E-state index is 12.2. The highest BCUT2D eigenvalue weighted by molar-refractivity contribution is 6.37. The molecule has 0 aliphatic carbocycles. The summed E-state index contributed by atoms with van der Waals surface area (Å²) in [5.74, 6) is -0.0876. The summed E-state index contributed by atoms with van der Waals surface area (Å²) in [6, 6.07) is 12.3. The van der Waals surface area contributed by atoms with E-state index in [-0.39, 0.29) is 5.78 Å². The minimum atomic E-state index is -0.0876. The molecule has 0 spiro atoms. The van der Waals surface area contributed by atoms with Crippen LogP contribution in [0.4, 0.5) is 0 Å². The van der Waals surface area contributed by atoms with E-state index in [1.54, 1.807) is 24.3 Å². The van der Waals surface area contributed by atoms with Crippen molar-refractivity contribution < 1.29 is 4.79 Å². The molecule has 0 aromatic heterocycles. The Bertz CT molecular complexity index is 576. The quantitative estimate of drug-likeness (QED) is 0.729. The van der Waals surface area contributed by atoms with E-state index in [9.17, 15) is 4.79 Å². The van der Waals surface area contributed by atoms with Crippen molar-refractivity contribution >= 4 is 29.0 Å². The molecular weight excluding hydrogens is 255 g/mol. The lowest BCUT2D eigenvalue weighted by Gasteiger charge is -2.04. The minimum absolute atomic E-state index is 0.0876. The molecule has 0 saturated carbocycles. The van der Waals surface area contributed by atoms with E-state index in [4.69, 9.17) is 23.2 Å². The van der Waals surface area contributed by atoms with E-state index in [0.29, 0.717) is 21.2 Å². The highest BCUT2D eigenvalue weighted by Crippen LogP contribution is 2.23. The van der Waals surface area contributed by atoms with Gasteiger partial charge in [0.15, 0.2) is 5.78 Å². The summed E-state index contributed by atoms with van der Waals surface area (Å²) in [4.78, 5) is 12.2. The Labute approximate surface area is 110 Å². The van der Waals surface area contributed by atoms with E-state index in [1.165, 1.54) is 0 Å². The standard InChI is InChI=1S/C14H10Cl2O/c1-9-3-2-4-10(7-9)14(17)12-6-5-11(15)8-13(12)16/h2-8H,1H3. The monoisotopic (exact) mass is 264 g/mol. The van der Waals surface area contributed by atoms with Crippen LogP contribution in [0.25, 0.3) is 0 Å². The van der Waals surface area contributed by atoms with Crippen LogP contribution in [0, 0.1) is 6.92 Å². The van der Waals surface area contributed by atoms with E-state index in [1.807, 2.05) is 25.1 Å². The van der Waals surface area contributed by atoms with Gasteiger partial charge in [-0.05, 0) is 31.2 Å². The van der Waals surface area contributed by atoms with Gasteiger partial charge >= 0.3 is 0 Å². The predicted molar refractivity (Wildman–Crippen MR) is 71.1 cm³/mol. The zero-order valence-corrected chi connectivity index (χ0v) is 10.7. The molecule has 0 heterocycles. The van der Waals surface area contributed by atoms with Crippen LogP contribution in [-0.2, 0) is 0 Å². The average molecular weight is 265 g/mol. The van der Waals surface area contributed by atoms with Crippen LogP contribution in [-0.4, -0.2) is 5.78 Å². The summed E-state index contributed by atoms with van der Waals surface area (Å²) in [5, 5.41) is 0.903. The summed E-state index contributed by atoms with van der Waals surface area (Å²) >= 11 is 11.8.